The van der Waals surface area contributed by atoms with Crippen molar-refractivity contribution in [3.63, 3.8) is 0 Å². The SMILES string of the molecule is CCc1ccc(O)c(-c2cc(C(=O)Nc3cc(Cl)ccc3OC)[nH]n2)c1. The largest absolute Gasteiger partial charge is 0.507 e. The Kier molecular flexibility index (Phi) is 5.14. The fraction of sp³-hybridized carbons (Fsp3) is 0.158. The molecule has 0 bridgehead atoms. The van der Waals surface area contributed by atoms with Crippen LogP contribution in [0.1, 0.15) is 23.0 Å². The number of amides is 1. The second-order valence-electron chi connectivity index (χ2n) is 5.67. The van der Waals surface area contributed by atoms with E-state index in [-0.39, 0.29) is 11.4 Å². The minimum Gasteiger partial charge on any atom is -0.507 e. The van der Waals surface area contributed by atoms with Crippen molar-refractivity contribution in [1.29, 1.82) is 0 Å². The van der Waals surface area contributed by atoms with Crippen molar-refractivity contribution in [2.24, 2.45) is 0 Å². The van der Waals surface area contributed by atoms with E-state index in [1.165, 1.54) is 7.11 Å². The highest BCUT2D eigenvalue weighted by molar-refractivity contribution is 6.31. The van der Waals surface area contributed by atoms with Crippen LogP contribution in [0.4, 0.5) is 5.69 Å². The predicted molar refractivity (Wildman–Crippen MR) is 101 cm³/mol. The molecule has 0 atom stereocenters. The summed E-state index contributed by atoms with van der Waals surface area (Å²) in [6, 6.07) is 11.9. The van der Waals surface area contributed by atoms with E-state index < -0.39 is 5.91 Å². The number of aromatic nitrogens is 2. The molecule has 0 aliphatic heterocycles. The molecule has 6 nitrogen and oxygen atoms in total. The van der Waals surface area contributed by atoms with E-state index in [4.69, 9.17) is 16.3 Å². The molecule has 0 saturated heterocycles. The van der Waals surface area contributed by atoms with Crippen LogP contribution in [0, 0.1) is 0 Å². The summed E-state index contributed by atoms with van der Waals surface area (Å²) < 4.78 is 5.22. The average Bonchev–Trinajstić information content (AvgIpc) is 3.12. The monoisotopic (exact) mass is 371 g/mol. The highest BCUT2D eigenvalue weighted by Gasteiger charge is 2.15. The van der Waals surface area contributed by atoms with Gasteiger partial charge < -0.3 is 15.2 Å². The number of anilines is 1. The fourth-order valence-electron chi connectivity index (χ4n) is 2.55. The Hall–Kier alpha value is -2.99. The molecule has 3 rings (SSSR count). The number of methoxy groups -OCH3 is 1. The van der Waals surface area contributed by atoms with Crippen LogP contribution in [0.3, 0.4) is 0 Å². The summed E-state index contributed by atoms with van der Waals surface area (Å²) in [5.41, 5.74) is 2.83. The van der Waals surface area contributed by atoms with E-state index in [9.17, 15) is 9.90 Å². The number of aryl methyl sites for hydroxylation is 1. The number of phenolic OH excluding ortho intramolecular Hbond substituents is 1. The van der Waals surface area contributed by atoms with Gasteiger partial charge in [-0.15, -0.1) is 0 Å². The first kappa shape index (κ1) is 17.8. The molecular weight excluding hydrogens is 354 g/mol. The Bertz CT molecular complexity index is 953. The maximum atomic E-state index is 12.5. The summed E-state index contributed by atoms with van der Waals surface area (Å²) in [6.07, 6.45) is 0.833. The molecule has 1 amide bonds. The van der Waals surface area contributed by atoms with E-state index >= 15 is 0 Å². The van der Waals surface area contributed by atoms with Crippen molar-refractivity contribution in [2.75, 3.05) is 12.4 Å². The fourth-order valence-corrected chi connectivity index (χ4v) is 2.72. The smallest absolute Gasteiger partial charge is 0.273 e. The normalized spacial score (nSPS) is 10.6. The first-order chi connectivity index (χ1) is 12.5. The number of aromatic hydroxyl groups is 1. The van der Waals surface area contributed by atoms with Gasteiger partial charge in [0.25, 0.3) is 5.91 Å². The number of nitrogens with one attached hydrogen (secondary N) is 2. The number of hydrogen-bond donors (Lipinski definition) is 3. The number of ether oxygens (including phenoxy) is 1. The van der Waals surface area contributed by atoms with Gasteiger partial charge in [0.05, 0.1) is 18.5 Å². The second-order valence-corrected chi connectivity index (χ2v) is 6.11. The third-order valence-electron chi connectivity index (χ3n) is 3.98. The maximum absolute atomic E-state index is 12.5. The number of benzene rings is 2. The molecular formula is C19H18ClN3O3. The van der Waals surface area contributed by atoms with Crippen LogP contribution < -0.4 is 10.1 Å². The van der Waals surface area contributed by atoms with Crippen LogP contribution >= 0.6 is 11.6 Å². The van der Waals surface area contributed by atoms with Gasteiger partial charge in [-0.1, -0.05) is 24.6 Å². The number of rotatable bonds is 5. The first-order valence-corrected chi connectivity index (χ1v) is 8.42. The van der Waals surface area contributed by atoms with E-state index in [0.29, 0.717) is 27.7 Å². The highest BCUT2D eigenvalue weighted by Crippen LogP contribution is 2.30. The minimum atomic E-state index is -0.393. The van der Waals surface area contributed by atoms with Crippen molar-refractivity contribution < 1.29 is 14.6 Å². The standard InChI is InChI=1S/C19H18ClN3O3/c1-3-11-4-6-17(24)13(8-11)14-10-16(23-22-14)19(25)21-15-9-12(20)5-7-18(15)26-2/h4-10,24H,3H2,1-2H3,(H,21,25)(H,22,23). The third-order valence-corrected chi connectivity index (χ3v) is 4.21. The average molecular weight is 372 g/mol. The van der Waals surface area contributed by atoms with Gasteiger partial charge in [-0.05, 0) is 48.4 Å². The van der Waals surface area contributed by atoms with Crippen molar-refractivity contribution in [2.45, 2.75) is 13.3 Å². The molecule has 1 heterocycles. The number of carbonyl (C=O) groups excluding carboxylic acids is 1. The van der Waals surface area contributed by atoms with Crippen LogP contribution in [-0.2, 0) is 6.42 Å². The summed E-state index contributed by atoms with van der Waals surface area (Å²) in [7, 11) is 1.51. The molecule has 0 saturated carbocycles. The van der Waals surface area contributed by atoms with Crippen LogP contribution in [0.25, 0.3) is 11.3 Å². The summed E-state index contributed by atoms with van der Waals surface area (Å²) in [5, 5.41) is 20.1. The van der Waals surface area contributed by atoms with Gasteiger partial charge in [0.15, 0.2) is 0 Å². The molecule has 0 aliphatic carbocycles. The molecule has 0 radical (unpaired) electrons. The Balaban J connectivity index is 1.86. The third kappa shape index (κ3) is 3.65. The number of H-pyrrole nitrogens is 1. The lowest BCUT2D eigenvalue weighted by atomic mass is 10.1. The lowest BCUT2D eigenvalue weighted by molar-refractivity contribution is 0.102. The second kappa shape index (κ2) is 7.49. The van der Waals surface area contributed by atoms with Gasteiger partial charge in [0.1, 0.15) is 17.2 Å². The van der Waals surface area contributed by atoms with E-state index in [2.05, 4.69) is 15.5 Å². The Morgan fingerprint density at radius 1 is 1.27 bits per heavy atom. The molecule has 0 unspecified atom stereocenters. The molecule has 2 aromatic carbocycles. The number of halogens is 1. The maximum Gasteiger partial charge on any atom is 0.273 e. The zero-order valence-corrected chi connectivity index (χ0v) is 15.1. The van der Waals surface area contributed by atoms with Crippen molar-refractivity contribution >= 4 is 23.2 Å². The number of carbonyl (C=O) groups is 1. The van der Waals surface area contributed by atoms with Crippen LogP contribution in [0.15, 0.2) is 42.5 Å². The van der Waals surface area contributed by atoms with Crippen LogP contribution in [-0.4, -0.2) is 28.3 Å². The molecule has 7 heteroatoms. The molecule has 1 aromatic heterocycles. The quantitative estimate of drug-likeness (QED) is 0.625. The van der Waals surface area contributed by atoms with Gasteiger partial charge in [0, 0.05) is 10.6 Å². The van der Waals surface area contributed by atoms with Gasteiger partial charge in [-0.3, -0.25) is 9.89 Å². The number of aromatic amines is 1. The summed E-state index contributed by atoms with van der Waals surface area (Å²) in [4.78, 5) is 12.5. The summed E-state index contributed by atoms with van der Waals surface area (Å²) >= 11 is 5.98. The Labute approximate surface area is 155 Å². The first-order valence-electron chi connectivity index (χ1n) is 8.04. The molecule has 0 aliphatic rings. The molecule has 0 spiro atoms. The van der Waals surface area contributed by atoms with Gasteiger partial charge in [-0.2, -0.15) is 5.10 Å². The lowest BCUT2D eigenvalue weighted by Gasteiger charge is -2.09. The Morgan fingerprint density at radius 2 is 2.08 bits per heavy atom. The van der Waals surface area contributed by atoms with Crippen LogP contribution in [0.2, 0.25) is 5.02 Å². The molecule has 0 fully saturated rings. The molecule has 3 aromatic rings. The zero-order valence-electron chi connectivity index (χ0n) is 14.3. The van der Waals surface area contributed by atoms with Gasteiger partial charge in [0.2, 0.25) is 0 Å². The van der Waals surface area contributed by atoms with E-state index in [1.807, 2.05) is 19.1 Å². The zero-order chi connectivity index (χ0) is 18.7. The van der Waals surface area contributed by atoms with Gasteiger partial charge in [-0.25, -0.2) is 0 Å². The van der Waals surface area contributed by atoms with Gasteiger partial charge >= 0.3 is 0 Å². The topological polar surface area (TPSA) is 87.2 Å². The lowest BCUT2D eigenvalue weighted by Crippen LogP contribution is -2.13. The number of nitrogens with zero attached hydrogens (tertiary/aromatic N) is 1. The highest BCUT2D eigenvalue weighted by atomic mass is 35.5. The van der Waals surface area contributed by atoms with Crippen molar-refractivity contribution in [3.8, 4) is 22.8 Å². The number of hydrogen-bond acceptors (Lipinski definition) is 4. The predicted octanol–water partition coefficient (Wildman–Crippen LogP) is 4.26. The molecule has 3 N–H and O–H groups in total. The molecule has 134 valence electrons. The van der Waals surface area contributed by atoms with Crippen molar-refractivity contribution in [3.05, 3.63) is 58.7 Å². The van der Waals surface area contributed by atoms with E-state index in [0.717, 1.165) is 12.0 Å². The van der Waals surface area contributed by atoms with Crippen LogP contribution in [0.5, 0.6) is 11.5 Å². The molecule has 26 heavy (non-hydrogen) atoms. The Morgan fingerprint density at radius 3 is 2.81 bits per heavy atom. The summed E-state index contributed by atoms with van der Waals surface area (Å²) in [6.45, 7) is 2.03. The van der Waals surface area contributed by atoms with Crippen molar-refractivity contribution in [1.82, 2.24) is 10.2 Å². The van der Waals surface area contributed by atoms with E-state index in [1.54, 1.807) is 30.3 Å². The minimum absolute atomic E-state index is 0.108. The number of phenols is 1. The summed E-state index contributed by atoms with van der Waals surface area (Å²) in [5.74, 6) is 0.211.